The van der Waals surface area contributed by atoms with Crippen LogP contribution >= 0.6 is 11.6 Å². The topological polar surface area (TPSA) is 85.2 Å². The summed E-state index contributed by atoms with van der Waals surface area (Å²) >= 11 is 6.03. The summed E-state index contributed by atoms with van der Waals surface area (Å²) in [6, 6.07) is 1.67. The van der Waals surface area contributed by atoms with E-state index in [0.717, 1.165) is 4.52 Å². The van der Waals surface area contributed by atoms with Gasteiger partial charge in [-0.3, -0.25) is 9.97 Å². The van der Waals surface area contributed by atoms with Gasteiger partial charge < -0.3 is 4.74 Å². The van der Waals surface area contributed by atoms with Gasteiger partial charge in [-0.1, -0.05) is 25.4 Å². The van der Waals surface area contributed by atoms with Crippen molar-refractivity contribution in [3.05, 3.63) is 39.7 Å². The van der Waals surface area contributed by atoms with Crippen LogP contribution in [0.3, 0.4) is 0 Å². The highest BCUT2D eigenvalue weighted by atomic mass is 35.5. The van der Waals surface area contributed by atoms with Crippen molar-refractivity contribution in [2.24, 2.45) is 0 Å². The summed E-state index contributed by atoms with van der Waals surface area (Å²) in [5.41, 5.74) is 1.81. The van der Waals surface area contributed by atoms with Gasteiger partial charge in [-0.05, 0) is 12.0 Å². The summed E-state index contributed by atoms with van der Waals surface area (Å²) < 4.78 is 37.8. The van der Waals surface area contributed by atoms with Gasteiger partial charge in [0, 0.05) is 18.0 Å². The van der Waals surface area contributed by atoms with Gasteiger partial charge in [0.25, 0.3) is 6.01 Å². The Labute approximate surface area is 157 Å². The summed E-state index contributed by atoms with van der Waals surface area (Å²) in [4.78, 5) is 23.0. The lowest BCUT2D eigenvalue weighted by Crippen LogP contribution is -2.20. The molecule has 0 aromatic carbocycles. The van der Waals surface area contributed by atoms with E-state index in [1.165, 1.54) is 6.20 Å². The fourth-order valence-electron chi connectivity index (χ4n) is 2.37. The molecule has 3 heterocycles. The van der Waals surface area contributed by atoms with Crippen LogP contribution in [0.15, 0.2) is 23.3 Å². The van der Waals surface area contributed by atoms with Crippen molar-refractivity contribution in [1.82, 2.24) is 24.6 Å². The van der Waals surface area contributed by atoms with E-state index < -0.39 is 19.3 Å². The van der Waals surface area contributed by atoms with E-state index in [2.05, 4.69) is 20.1 Å². The van der Waals surface area contributed by atoms with Gasteiger partial charge >= 0.3 is 5.69 Å². The number of hydrogen-bond donors (Lipinski definition) is 1. The smallest absolute Gasteiger partial charge is 0.352 e. The minimum absolute atomic E-state index is 0.0373. The van der Waals surface area contributed by atoms with Crippen LogP contribution < -0.4 is 10.4 Å². The van der Waals surface area contributed by atoms with Crippen molar-refractivity contribution in [3.63, 3.8) is 0 Å². The number of rotatable bonds is 5. The SMILES string of the molecule is CC(C)c1nn2c(=O)[nH]c(OCCF)nc2c1-c1cncc(Cl)c1.FCF. The maximum absolute atomic E-state index is 12.3. The van der Waals surface area contributed by atoms with Crippen molar-refractivity contribution in [1.29, 1.82) is 0 Å². The highest BCUT2D eigenvalue weighted by Crippen LogP contribution is 2.32. The molecule has 146 valence electrons. The molecule has 27 heavy (non-hydrogen) atoms. The fraction of sp³-hybridized carbons (Fsp3) is 0.375. The number of ether oxygens (including phenoxy) is 1. The zero-order chi connectivity index (χ0) is 20.0. The second-order valence-corrected chi connectivity index (χ2v) is 5.96. The van der Waals surface area contributed by atoms with E-state index in [0.29, 0.717) is 27.5 Å². The van der Waals surface area contributed by atoms with E-state index in [4.69, 9.17) is 16.3 Å². The van der Waals surface area contributed by atoms with Crippen LogP contribution in [0.25, 0.3) is 16.8 Å². The van der Waals surface area contributed by atoms with E-state index in [9.17, 15) is 18.0 Å². The Balaban J connectivity index is 0.000000817. The minimum Gasteiger partial charge on any atom is -0.462 e. The molecule has 0 unspecified atom stereocenters. The molecule has 0 saturated heterocycles. The molecule has 1 N–H and O–H groups in total. The quantitative estimate of drug-likeness (QED) is 0.704. The Morgan fingerprint density at radius 3 is 2.59 bits per heavy atom. The molecule has 7 nitrogen and oxygen atoms in total. The van der Waals surface area contributed by atoms with Crippen molar-refractivity contribution >= 4 is 17.2 Å². The van der Waals surface area contributed by atoms with Gasteiger partial charge in [-0.25, -0.2) is 18.0 Å². The Hall–Kier alpha value is -2.62. The molecule has 0 radical (unpaired) electrons. The van der Waals surface area contributed by atoms with E-state index in [1.54, 1.807) is 12.3 Å². The first kappa shape index (κ1) is 20.7. The highest BCUT2D eigenvalue weighted by Gasteiger charge is 2.21. The van der Waals surface area contributed by atoms with Crippen molar-refractivity contribution in [3.8, 4) is 17.1 Å². The van der Waals surface area contributed by atoms with Crippen LogP contribution in [0, 0.1) is 0 Å². The first-order valence-electron chi connectivity index (χ1n) is 7.87. The first-order valence-corrected chi connectivity index (χ1v) is 8.25. The van der Waals surface area contributed by atoms with Gasteiger partial charge in [-0.15, -0.1) is 0 Å². The molecule has 0 spiro atoms. The van der Waals surface area contributed by atoms with Gasteiger partial charge in [0.2, 0.25) is 6.93 Å². The highest BCUT2D eigenvalue weighted by molar-refractivity contribution is 6.30. The average molecular weight is 404 g/mol. The Kier molecular flexibility index (Phi) is 7.17. The standard InChI is InChI=1S/C15H15ClFN5O2.CH2F2/c1-8(2)12-11(9-5-10(16)7-18-6-9)13-19-14(24-4-3-17)20-15(23)22(13)21-12;2-1-3/h5-8H,3-4H2,1-2H3,(H,19,20,23);1H2. The number of alkyl halides is 3. The van der Waals surface area contributed by atoms with Crippen LogP contribution in [0.1, 0.15) is 25.5 Å². The van der Waals surface area contributed by atoms with Crippen molar-refractivity contribution in [2.45, 2.75) is 19.8 Å². The predicted octanol–water partition coefficient (Wildman–Crippen LogP) is 3.49. The minimum atomic E-state index is -1.75. The van der Waals surface area contributed by atoms with E-state index in [-0.39, 0.29) is 18.5 Å². The Morgan fingerprint density at radius 1 is 1.30 bits per heavy atom. The molecule has 0 aliphatic heterocycles. The largest absolute Gasteiger partial charge is 0.462 e. The van der Waals surface area contributed by atoms with Crippen molar-refractivity contribution in [2.75, 3.05) is 20.2 Å². The molecular formula is C16H17ClF3N5O2. The molecule has 0 saturated carbocycles. The number of pyridine rings is 1. The zero-order valence-corrected chi connectivity index (χ0v) is 15.3. The normalized spacial score (nSPS) is 10.8. The number of fused-ring (bicyclic) bond motifs is 1. The summed E-state index contributed by atoms with van der Waals surface area (Å²) in [5.74, 6) is 0.0373. The summed E-state index contributed by atoms with van der Waals surface area (Å²) in [6.45, 7) is 1.28. The molecule has 0 aliphatic carbocycles. The summed E-state index contributed by atoms with van der Waals surface area (Å²) in [7, 11) is 0. The molecule has 0 amide bonds. The fourth-order valence-corrected chi connectivity index (χ4v) is 2.55. The molecule has 0 aliphatic rings. The molecule has 3 aromatic heterocycles. The molecule has 3 aromatic rings. The number of halogens is 4. The van der Waals surface area contributed by atoms with E-state index in [1.807, 2.05) is 13.8 Å². The number of aromatic amines is 1. The maximum atomic E-state index is 12.3. The molecule has 0 bridgehead atoms. The third-order valence-corrected chi connectivity index (χ3v) is 3.56. The molecule has 0 fully saturated rings. The summed E-state index contributed by atoms with van der Waals surface area (Å²) in [5, 5.41) is 4.81. The Bertz CT molecular complexity index is 961. The second-order valence-electron chi connectivity index (χ2n) is 5.53. The molecule has 11 heteroatoms. The molecule has 0 atom stereocenters. The maximum Gasteiger partial charge on any atom is 0.352 e. The van der Waals surface area contributed by atoms with Crippen LogP contribution in [0.4, 0.5) is 13.2 Å². The van der Waals surface area contributed by atoms with Gasteiger partial charge in [0.1, 0.15) is 13.3 Å². The number of aromatic nitrogens is 5. The van der Waals surface area contributed by atoms with Crippen LogP contribution in [0.5, 0.6) is 6.01 Å². The lowest BCUT2D eigenvalue weighted by molar-refractivity contribution is 0.253. The lowest BCUT2D eigenvalue weighted by Gasteiger charge is -2.06. The van der Waals surface area contributed by atoms with Gasteiger partial charge in [-0.2, -0.15) is 14.6 Å². The third kappa shape index (κ3) is 4.76. The lowest BCUT2D eigenvalue weighted by atomic mass is 10.0. The number of hydrogen-bond acceptors (Lipinski definition) is 5. The van der Waals surface area contributed by atoms with Gasteiger partial charge in [0.05, 0.1) is 16.3 Å². The van der Waals surface area contributed by atoms with Crippen molar-refractivity contribution < 1.29 is 17.9 Å². The molecular weight excluding hydrogens is 387 g/mol. The number of nitrogens with zero attached hydrogens (tertiary/aromatic N) is 4. The number of H-pyrrole nitrogens is 1. The average Bonchev–Trinajstić information content (AvgIpc) is 3.01. The zero-order valence-electron chi connectivity index (χ0n) is 14.5. The third-order valence-electron chi connectivity index (χ3n) is 3.36. The summed E-state index contributed by atoms with van der Waals surface area (Å²) in [6.07, 6.45) is 3.14. The monoisotopic (exact) mass is 403 g/mol. The first-order chi connectivity index (χ1) is 12.9. The van der Waals surface area contributed by atoms with Crippen LogP contribution in [0.2, 0.25) is 5.02 Å². The van der Waals surface area contributed by atoms with E-state index >= 15 is 0 Å². The van der Waals surface area contributed by atoms with Crippen LogP contribution in [-0.2, 0) is 0 Å². The number of nitrogens with one attached hydrogen (secondary N) is 1. The van der Waals surface area contributed by atoms with Crippen LogP contribution in [-0.4, -0.2) is 44.8 Å². The predicted molar refractivity (Wildman–Crippen MR) is 94.5 cm³/mol. The molecule has 3 rings (SSSR count). The second kappa shape index (κ2) is 9.36. The van der Waals surface area contributed by atoms with Gasteiger partial charge in [0.15, 0.2) is 5.65 Å². The Morgan fingerprint density at radius 2 is 2.00 bits per heavy atom.